The molecule has 0 bridgehead atoms. The van der Waals surface area contributed by atoms with Crippen molar-refractivity contribution in [1.82, 2.24) is 9.97 Å². The van der Waals surface area contributed by atoms with Crippen molar-refractivity contribution in [2.24, 2.45) is 0 Å². The number of hydrogen-bond donors (Lipinski definition) is 1. The van der Waals surface area contributed by atoms with Crippen LogP contribution < -0.4 is 5.73 Å². The van der Waals surface area contributed by atoms with Gasteiger partial charge in [0.1, 0.15) is 5.82 Å². The minimum atomic E-state index is 0.531. The van der Waals surface area contributed by atoms with Gasteiger partial charge in [-0.2, -0.15) is 0 Å². The molecule has 0 amide bonds. The van der Waals surface area contributed by atoms with Crippen molar-refractivity contribution >= 4 is 5.82 Å². The van der Waals surface area contributed by atoms with E-state index in [1.165, 1.54) is 25.7 Å². The standard InChI is InChI=1S/C17H21N3O/c1-21-11-13-8-4-5-9-14(13)17-19-15(10-16(18)20-17)12-6-2-3-7-12/h4-5,8-10,12H,2-3,6-7,11H2,1H3,(H2,18,19,20). The lowest BCUT2D eigenvalue weighted by molar-refractivity contribution is 0.185. The highest BCUT2D eigenvalue weighted by molar-refractivity contribution is 5.61. The molecule has 3 rings (SSSR count). The second-order valence-electron chi connectivity index (χ2n) is 5.61. The molecule has 1 fully saturated rings. The van der Waals surface area contributed by atoms with Crippen molar-refractivity contribution in [3.05, 3.63) is 41.6 Å². The molecular weight excluding hydrogens is 262 g/mol. The fourth-order valence-corrected chi connectivity index (χ4v) is 3.06. The molecule has 0 atom stereocenters. The Hall–Kier alpha value is -1.94. The Morgan fingerprint density at radius 2 is 1.95 bits per heavy atom. The Morgan fingerprint density at radius 3 is 2.71 bits per heavy atom. The van der Waals surface area contributed by atoms with Crippen LogP contribution in [0.25, 0.3) is 11.4 Å². The molecule has 1 aromatic carbocycles. The molecular formula is C17H21N3O. The van der Waals surface area contributed by atoms with Crippen molar-refractivity contribution < 1.29 is 4.74 Å². The molecule has 2 N–H and O–H groups in total. The Bertz CT molecular complexity index is 621. The number of nitrogen functional groups attached to an aromatic ring is 1. The predicted octanol–water partition coefficient (Wildman–Crippen LogP) is 3.53. The number of methoxy groups -OCH3 is 1. The zero-order chi connectivity index (χ0) is 14.7. The van der Waals surface area contributed by atoms with Gasteiger partial charge in [-0.05, 0) is 18.4 Å². The molecule has 4 heteroatoms. The molecule has 2 aromatic rings. The van der Waals surface area contributed by atoms with Crippen LogP contribution in [0.3, 0.4) is 0 Å². The summed E-state index contributed by atoms with van der Waals surface area (Å²) in [6.07, 6.45) is 4.97. The van der Waals surface area contributed by atoms with Crippen molar-refractivity contribution in [2.45, 2.75) is 38.2 Å². The monoisotopic (exact) mass is 283 g/mol. The number of aromatic nitrogens is 2. The van der Waals surface area contributed by atoms with Crippen molar-refractivity contribution in [1.29, 1.82) is 0 Å². The summed E-state index contributed by atoms with van der Waals surface area (Å²) in [5.74, 6) is 1.79. The minimum absolute atomic E-state index is 0.531. The molecule has 1 aromatic heterocycles. The van der Waals surface area contributed by atoms with Crippen LogP contribution in [0.15, 0.2) is 30.3 Å². The van der Waals surface area contributed by atoms with E-state index in [0.717, 1.165) is 16.8 Å². The summed E-state index contributed by atoms with van der Waals surface area (Å²) in [5.41, 5.74) is 9.18. The van der Waals surface area contributed by atoms with Crippen LogP contribution in [0.4, 0.5) is 5.82 Å². The van der Waals surface area contributed by atoms with E-state index < -0.39 is 0 Å². The molecule has 1 saturated carbocycles. The van der Waals surface area contributed by atoms with Crippen LogP contribution in [-0.4, -0.2) is 17.1 Å². The van der Waals surface area contributed by atoms with Crippen LogP contribution in [0.2, 0.25) is 0 Å². The van der Waals surface area contributed by atoms with Crippen LogP contribution >= 0.6 is 0 Å². The van der Waals surface area contributed by atoms with Crippen molar-refractivity contribution in [2.75, 3.05) is 12.8 Å². The van der Waals surface area contributed by atoms with Gasteiger partial charge in [0.2, 0.25) is 0 Å². The van der Waals surface area contributed by atoms with Gasteiger partial charge in [0.05, 0.1) is 6.61 Å². The van der Waals surface area contributed by atoms with Gasteiger partial charge in [0.15, 0.2) is 5.82 Å². The molecule has 0 aliphatic heterocycles. The lowest BCUT2D eigenvalue weighted by Gasteiger charge is -2.13. The maximum atomic E-state index is 6.01. The van der Waals surface area contributed by atoms with Gasteiger partial charge < -0.3 is 10.5 Å². The predicted molar refractivity (Wildman–Crippen MR) is 83.8 cm³/mol. The maximum Gasteiger partial charge on any atom is 0.162 e. The zero-order valence-corrected chi connectivity index (χ0v) is 12.4. The number of nitrogens with zero attached hydrogens (tertiary/aromatic N) is 2. The summed E-state index contributed by atoms with van der Waals surface area (Å²) >= 11 is 0. The smallest absolute Gasteiger partial charge is 0.162 e. The second kappa shape index (κ2) is 6.22. The van der Waals surface area contributed by atoms with Crippen molar-refractivity contribution in [3.8, 4) is 11.4 Å². The highest BCUT2D eigenvalue weighted by atomic mass is 16.5. The van der Waals surface area contributed by atoms with Crippen LogP contribution in [0.5, 0.6) is 0 Å². The third-order valence-corrected chi connectivity index (χ3v) is 4.10. The fourth-order valence-electron chi connectivity index (χ4n) is 3.06. The summed E-state index contributed by atoms with van der Waals surface area (Å²) in [7, 11) is 1.70. The summed E-state index contributed by atoms with van der Waals surface area (Å²) in [6.45, 7) is 0.549. The SMILES string of the molecule is COCc1ccccc1-c1nc(N)cc(C2CCCC2)n1. The first-order valence-corrected chi connectivity index (χ1v) is 7.49. The lowest BCUT2D eigenvalue weighted by atomic mass is 10.0. The summed E-state index contributed by atoms with van der Waals surface area (Å²) in [4.78, 5) is 9.21. The summed E-state index contributed by atoms with van der Waals surface area (Å²) in [5, 5.41) is 0. The van der Waals surface area contributed by atoms with Gasteiger partial charge >= 0.3 is 0 Å². The van der Waals surface area contributed by atoms with Gasteiger partial charge in [-0.3, -0.25) is 0 Å². The number of anilines is 1. The second-order valence-corrected chi connectivity index (χ2v) is 5.61. The van der Waals surface area contributed by atoms with E-state index in [0.29, 0.717) is 24.2 Å². The fraction of sp³-hybridized carbons (Fsp3) is 0.412. The first-order valence-electron chi connectivity index (χ1n) is 7.49. The number of rotatable bonds is 4. The van der Waals surface area contributed by atoms with Crippen LogP contribution in [0.1, 0.15) is 42.9 Å². The molecule has 110 valence electrons. The average Bonchev–Trinajstić information content (AvgIpc) is 3.02. The third kappa shape index (κ3) is 3.05. The minimum Gasteiger partial charge on any atom is -0.384 e. The largest absolute Gasteiger partial charge is 0.384 e. The normalized spacial score (nSPS) is 15.5. The van der Waals surface area contributed by atoms with Crippen LogP contribution in [-0.2, 0) is 11.3 Å². The third-order valence-electron chi connectivity index (χ3n) is 4.10. The zero-order valence-electron chi connectivity index (χ0n) is 12.4. The molecule has 1 heterocycles. The van der Waals surface area contributed by atoms with E-state index in [-0.39, 0.29) is 0 Å². The Morgan fingerprint density at radius 1 is 1.19 bits per heavy atom. The molecule has 4 nitrogen and oxygen atoms in total. The van der Waals surface area contributed by atoms with E-state index in [9.17, 15) is 0 Å². The van der Waals surface area contributed by atoms with Gasteiger partial charge in [0, 0.05) is 30.4 Å². The molecule has 21 heavy (non-hydrogen) atoms. The van der Waals surface area contributed by atoms with Crippen molar-refractivity contribution in [3.63, 3.8) is 0 Å². The Labute approximate surface area is 125 Å². The van der Waals surface area contributed by atoms with Gasteiger partial charge in [-0.1, -0.05) is 37.1 Å². The first kappa shape index (κ1) is 14.0. The number of ether oxygens (including phenoxy) is 1. The molecule has 1 aliphatic carbocycles. The molecule has 0 radical (unpaired) electrons. The number of nitrogens with two attached hydrogens (primary N) is 1. The topological polar surface area (TPSA) is 61.0 Å². The van der Waals surface area contributed by atoms with Gasteiger partial charge in [0.25, 0.3) is 0 Å². The average molecular weight is 283 g/mol. The lowest BCUT2D eigenvalue weighted by Crippen LogP contribution is -2.04. The first-order chi connectivity index (χ1) is 10.3. The van der Waals surface area contributed by atoms with Crippen LogP contribution in [0, 0.1) is 0 Å². The van der Waals surface area contributed by atoms with Gasteiger partial charge in [-0.15, -0.1) is 0 Å². The molecule has 0 spiro atoms. The van der Waals surface area contributed by atoms with E-state index in [4.69, 9.17) is 15.5 Å². The summed E-state index contributed by atoms with van der Waals surface area (Å²) in [6, 6.07) is 10.00. The molecule has 1 aliphatic rings. The highest BCUT2D eigenvalue weighted by Crippen LogP contribution is 2.34. The highest BCUT2D eigenvalue weighted by Gasteiger charge is 2.20. The van der Waals surface area contributed by atoms with E-state index >= 15 is 0 Å². The van der Waals surface area contributed by atoms with E-state index in [1.54, 1.807) is 7.11 Å². The Balaban J connectivity index is 2.02. The number of benzene rings is 1. The number of hydrogen-bond acceptors (Lipinski definition) is 4. The summed E-state index contributed by atoms with van der Waals surface area (Å²) < 4.78 is 5.26. The van der Waals surface area contributed by atoms with E-state index in [1.807, 2.05) is 30.3 Å². The quantitative estimate of drug-likeness (QED) is 0.932. The molecule has 0 saturated heterocycles. The van der Waals surface area contributed by atoms with Gasteiger partial charge in [-0.25, -0.2) is 9.97 Å². The maximum absolute atomic E-state index is 6.01. The molecule has 0 unspecified atom stereocenters. The van der Waals surface area contributed by atoms with E-state index in [2.05, 4.69) is 4.98 Å². The Kier molecular flexibility index (Phi) is 4.15.